The van der Waals surface area contributed by atoms with E-state index in [-0.39, 0.29) is 5.91 Å². The lowest BCUT2D eigenvalue weighted by Crippen LogP contribution is -2.14. The number of benzene rings is 2. The van der Waals surface area contributed by atoms with Crippen molar-refractivity contribution in [2.24, 2.45) is 0 Å². The van der Waals surface area contributed by atoms with E-state index in [9.17, 15) is 4.79 Å². The van der Waals surface area contributed by atoms with E-state index in [1.807, 2.05) is 54.6 Å². The van der Waals surface area contributed by atoms with Crippen LogP contribution in [0.5, 0.6) is 5.75 Å². The molecule has 3 rings (SSSR count). The SMILES string of the molecule is COc1ccc(SCC(=O)Nc2cccc3ncccc23)cc1. The first kappa shape index (κ1) is 15.4. The lowest BCUT2D eigenvalue weighted by atomic mass is 10.2. The Hall–Kier alpha value is -2.53. The Morgan fingerprint density at radius 1 is 1.13 bits per heavy atom. The highest BCUT2D eigenvalue weighted by atomic mass is 32.2. The molecule has 5 heteroatoms. The summed E-state index contributed by atoms with van der Waals surface area (Å²) in [7, 11) is 1.63. The molecular formula is C18H16N2O2S. The van der Waals surface area contributed by atoms with Crippen LogP contribution in [0.1, 0.15) is 0 Å². The highest BCUT2D eigenvalue weighted by Gasteiger charge is 2.07. The van der Waals surface area contributed by atoms with Gasteiger partial charge in [0.25, 0.3) is 0 Å². The molecule has 1 amide bonds. The first-order chi connectivity index (χ1) is 11.3. The van der Waals surface area contributed by atoms with Crippen LogP contribution in [0.2, 0.25) is 0 Å². The number of hydrogen-bond acceptors (Lipinski definition) is 4. The van der Waals surface area contributed by atoms with Gasteiger partial charge in [-0.2, -0.15) is 0 Å². The van der Waals surface area contributed by atoms with Gasteiger partial charge in [0.2, 0.25) is 5.91 Å². The molecule has 0 aliphatic heterocycles. The fourth-order valence-corrected chi connectivity index (χ4v) is 2.92. The largest absolute Gasteiger partial charge is 0.497 e. The highest BCUT2D eigenvalue weighted by Crippen LogP contribution is 2.23. The number of anilines is 1. The van der Waals surface area contributed by atoms with Gasteiger partial charge in [0, 0.05) is 16.5 Å². The molecule has 0 bridgehead atoms. The summed E-state index contributed by atoms with van der Waals surface area (Å²) in [6.45, 7) is 0. The Balaban J connectivity index is 1.64. The van der Waals surface area contributed by atoms with Crippen molar-refractivity contribution in [2.45, 2.75) is 4.90 Å². The number of methoxy groups -OCH3 is 1. The number of thioether (sulfide) groups is 1. The lowest BCUT2D eigenvalue weighted by molar-refractivity contribution is -0.113. The van der Waals surface area contributed by atoms with E-state index in [0.717, 1.165) is 27.2 Å². The van der Waals surface area contributed by atoms with Crippen LogP contribution in [0.4, 0.5) is 5.69 Å². The molecule has 3 aromatic rings. The number of ether oxygens (including phenoxy) is 1. The summed E-state index contributed by atoms with van der Waals surface area (Å²) in [6, 6.07) is 17.2. The van der Waals surface area contributed by atoms with Gasteiger partial charge in [0.05, 0.1) is 24.1 Å². The molecular weight excluding hydrogens is 308 g/mol. The van der Waals surface area contributed by atoms with E-state index in [2.05, 4.69) is 10.3 Å². The number of nitrogens with zero attached hydrogens (tertiary/aromatic N) is 1. The highest BCUT2D eigenvalue weighted by molar-refractivity contribution is 8.00. The minimum absolute atomic E-state index is 0.0397. The molecule has 23 heavy (non-hydrogen) atoms. The molecule has 1 heterocycles. The quantitative estimate of drug-likeness (QED) is 0.721. The molecule has 0 saturated carbocycles. The van der Waals surface area contributed by atoms with E-state index in [4.69, 9.17) is 4.74 Å². The topological polar surface area (TPSA) is 51.2 Å². The van der Waals surface area contributed by atoms with Crippen LogP contribution in [-0.2, 0) is 4.79 Å². The molecule has 1 aromatic heterocycles. The maximum atomic E-state index is 12.2. The number of nitrogens with one attached hydrogen (secondary N) is 1. The van der Waals surface area contributed by atoms with Crippen LogP contribution >= 0.6 is 11.8 Å². The number of amides is 1. The average molecular weight is 324 g/mol. The predicted octanol–water partition coefficient (Wildman–Crippen LogP) is 3.97. The molecule has 0 aliphatic rings. The summed E-state index contributed by atoms with van der Waals surface area (Å²) in [5, 5.41) is 3.90. The number of carbonyl (C=O) groups is 1. The first-order valence-electron chi connectivity index (χ1n) is 7.17. The van der Waals surface area contributed by atoms with Gasteiger partial charge in [-0.05, 0) is 48.5 Å². The number of aromatic nitrogens is 1. The molecule has 0 unspecified atom stereocenters. The third-order valence-electron chi connectivity index (χ3n) is 3.35. The van der Waals surface area contributed by atoms with Gasteiger partial charge in [-0.25, -0.2) is 0 Å². The summed E-state index contributed by atoms with van der Waals surface area (Å²) in [4.78, 5) is 17.5. The van der Waals surface area contributed by atoms with Crippen molar-refractivity contribution < 1.29 is 9.53 Å². The lowest BCUT2D eigenvalue weighted by Gasteiger charge is -2.08. The van der Waals surface area contributed by atoms with Crippen molar-refractivity contribution >= 4 is 34.3 Å². The van der Waals surface area contributed by atoms with Crippen LogP contribution in [0.3, 0.4) is 0 Å². The first-order valence-corrected chi connectivity index (χ1v) is 8.15. The number of pyridine rings is 1. The maximum absolute atomic E-state index is 12.2. The minimum atomic E-state index is -0.0397. The van der Waals surface area contributed by atoms with E-state index in [1.165, 1.54) is 11.8 Å². The van der Waals surface area contributed by atoms with Crippen LogP contribution in [0.15, 0.2) is 65.7 Å². The molecule has 0 saturated heterocycles. The monoisotopic (exact) mass is 324 g/mol. The summed E-state index contributed by atoms with van der Waals surface area (Å²) in [6.07, 6.45) is 1.74. The van der Waals surface area contributed by atoms with Gasteiger partial charge in [-0.1, -0.05) is 6.07 Å². The fraction of sp³-hybridized carbons (Fsp3) is 0.111. The fourth-order valence-electron chi connectivity index (χ4n) is 2.22. The van der Waals surface area contributed by atoms with Gasteiger partial charge in [0.15, 0.2) is 0 Å². The molecule has 116 valence electrons. The predicted molar refractivity (Wildman–Crippen MR) is 94.1 cm³/mol. The van der Waals surface area contributed by atoms with Gasteiger partial charge in [0.1, 0.15) is 5.75 Å². The van der Waals surface area contributed by atoms with Gasteiger partial charge >= 0.3 is 0 Å². The van der Waals surface area contributed by atoms with Crippen LogP contribution in [-0.4, -0.2) is 23.8 Å². The van der Waals surface area contributed by atoms with Crippen molar-refractivity contribution in [1.29, 1.82) is 0 Å². The van der Waals surface area contributed by atoms with Crippen LogP contribution in [0, 0.1) is 0 Å². The second-order valence-electron chi connectivity index (χ2n) is 4.89. The van der Waals surface area contributed by atoms with E-state index < -0.39 is 0 Å². The maximum Gasteiger partial charge on any atom is 0.234 e. The summed E-state index contributed by atoms with van der Waals surface area (Å²) in [5.41, 5.74) is 1.66. The zero-order valence-electron chi connectivity index (χ0n) is 12.7. The number of rotatable bonds is 5. The standard InChI is InChI=1S/C18H16N2O2S/c1-22-13-7-9-14(10-8-13)23-12-18(21)20-17-6-2-5-16-15(17)4-3-11-19-16/h2-11H,12H2,1H3,(H,20,21). The number of fused-ring (bicyclic) bond motifs is 1. The summed E-state index contributed by atoms with van der Waals surface area (Å²) in [5.74, 6) is 1.12. The van der Waals surface area contributed by atoms with Gasteiger partial charge in [-0.3, -0.25) is 9.78 Å². The molecule has 0 radical (unpaired) electrons. The smallest absolute Gasteiger partial charge is 0.234 e. The number of hydrogen-bond donors (Lipinski definition) is 1. The normalized spacial score (nSPS) is 10.5. The second kappa shape index (κ2) is 7.15. The van der Waals surface area contributed by atoms with Gasteiger partial charge < -0.3 is 10.1 Å². The third kappa shape index (κ3) is 3.81. The van der Waals surface area contributed by atoms with Crippen LogP contribution in [0.25, 0.3) is 10.9 Å². The molecule has 0 atom stereocenters. The third-order valence-corrected chi connectivity index (χ3v) is 4.36. The molecule has 1 N–H and O–H groups in total. The minimum Gasteiger partial charge on any atom is -0.497 e. The van der Waals surface area contributed by atoms with Crippen LogP contribution < -0.4 is 10.1 Å². The molecule has 0 aliphatic carbocycles. The Bertz CT molecular complexity index is 813. The van der Waals surface area contributed by atoms with E-state index in [1.54, 1.807) is 13.3 Å². The zero-order valence-corrected chi connectivity index (χ0v) is 13.5. The van der Waals surface area contributed by atoms with Crippen molar-refractivity contribution in [3.05, 3.63) is 60.8 Å². The molecule has 0 fully saturated rings. The molecule has 2 aromatic carbocycles. The van der Waals surface area contributed by atoms with Crippen molar-refractivity contribution in [3.63, 3.8) is 0 Å². The molecule has 4 nitrogen and oxygen atoms in total. The average Bonchev–Trinajstić information content (AvgIpc) is 2.61. The summed E-state index contributed by atoms with van der Waals surface area (Å²) < 4.78 is 5.12. The van der Waals surface area contributed by atoms with Crippen molar-refractivity contribution in [3.8, 4) is 5.75 Å². The Morgan fingerprint density at radius 2 is 1.96 bits per heavy atom. The zero-order chi connectivity index (χ0) is 16.1. The molecule has 0 spiro atoms. The van der Waals surface area contributed by atoms with E-state index in [0.29, 0.717) is 5.75 Å². The van der Waals surface area contributed by atoms with E-state index >= 15 is 0 Å². The van der Waals surface area contributed by atoms with Crippen molar-refractivity contribution in [2.75, 3.05) is 18.2 Å². The van der Waals surface area contributed by atoms with Crippen molar-refractivity contribution in [1.82, 2.24) is 4.98 Å². The Morgan fingerprint density at radius 3 is 2.74 bits per heavy atom. The Kier molecular flexibility index (Phi) is 4.78. The van der Waals surface area contributed by atoms with Gasteiger partial charge in [-0.15, -0.1) is 11.8 Å². The second-order valence-corrected chi connectivity index (χ2v) is 5.94. The number of carbonyl (C=O) groups excluding carboxylic acids is 1. The summed E-state index contributed by atoms with van der Waals surface area (Å²) >= 11 is 1.49. The Labute approximate surface area is 138 Å².